The molecule has 0 aliphatic carbocycles. The molecule has 0 spiro atoms. The minimum Gasteiger partial charge on any atom is -0.496 e. The third kappa shape index (κ3) is 4.36. The lowest BCUT2D eigenvalue weighted by Gasteiger charge is -2.14. The van der Waals surface area contributed by atoms with Gasteiger partial charge >= 0.3 is 0 Å². The van der Waals surface area contributed by atoms with Crippen molar-refractivity contribution in [1.82, 2.24) is 0 Å². The van der Waals surface area contributed by atoms with Crippen LogP contribution >= 0.6 is 0 Å². The van der Waals surface area contributed by atoms with Gasteiger partial charge in [-0.3, -0.25) is 0 Å². The second-order valence-electron chi connectivity index (χ2n) is 4.40. The summed E-state index contributed by atoms with van der Waals surface area (Å²) in [6, 6.07) is 3.79. The number of hydrogen-bond donors (Lipinski definition) is 0. The Kier molecular flexibility index (Phi) is 6.00. The van der Waals surface area contributed by atoms with Crippen LogP contribution in [0, 0.1) is 0 Å². The monoisotopic (exact) mass is 262 g/mol. The van der Waals surface area contributed by atoms with Crippen molar-refractivity contribution in [2.24, 2.45) is 0 Å². The highest BCUT2D eigenvalue weighted by Gasteiger charge is 2.11. The maximum atomic E-state index is 5.71. The maximum absolute atomic E-state index is 5.71. The van der Waals surface area contributed by atoms with Crippen LogP contribution in [0.3, 0.4) is 0 Å². The van der Waals surface area contributed by atoms with Crippen molar-refractivity contribution >= 4 is 0 Å². The predicted molar refractivity (Wildman–Crippen MR) is 78.4 cm³/mol. The van der Waals surface area contributed by atoms with Gasteiger partial charge in [0.05, 0.1) is 14.2 Å². The van der Waals surface area contributed by atoms with Gasteiger partial charge in [0.25, 0.3) is 0 Å². The van der Waals surface area contributed by atoms with Crippen LogP contribution in [0.5, 0.6) is 17.2 Å². The summed E-state index contributed by atoms with van der Waals surface area (Å²) >= 11 is 0. The highest BCUT2D eigenvalue weighted by atomic mass is 16.5. The average molecular weight is 262 g/mol. The standard InChI is InChI=1S/C16H22O3/c1-6-7-13-10-15(18-5)16(11-14(13)17-4)19-9-8-12(2)3/h6,8,10-11H,1,7,9H2,2-5H3. The molecule has 1 aromatic carbocycles. The molecule has 3 nitrogen and oxygen atoms in total. The van der Waals surface area contributed by atoms with Crippen molar-refractivity contribution in [3.05, 3.63) is 42.0 Å². The molecule has 0 aromatic heterocycles. The highest BCUT2D eigenvalue weighted by Crippen LogP contribution is 2.35. The van der Waals surface area contributed by atoms with Crippen molar-refractivity contribution < 1.29 is 14.2 Å². The van der Waals surface area contributed by atoms with Crippen LogP contribution in [0.4, 0.5) is 0 Å². The number of benzene rings is 1. The fraction of sp³-hybridized carbons (Fsp3) is 0.375. The third-order valence-electron chi connectivity index (χ3n) is 2.66. The molecule has 0 saturated heterocycles. The summed E-state index contributed by atoms with van der Waals surface area (Å²) in [7, 11) is 3.28. The largest absolute Gasteiger partial charge is 0.496 e. The molecular formula is C16H22O3. The molecule has 0 fully saturated rings. The average Bonchev–Trinajstić information content (AvgIpc) is 2.39. The van der Waals surface area contributed by atoms with E-state index in [1.54, 1.807) is 14.2 Å². The Morgan fingerprint density at radius 3 is 2.32 bits per heavy atom. The molecule has 0 atom stereocenters. The van der Waals surface area contributed by atoms with Crippen molar-refractivity contribution in [2.75, 3.05) is 20.8 Å². The first-order valence-electron chi connectivity index (χ1n) is 6.24. The van der Waals surface area contributed by atoms with Crippen LogP contribution < -0.4 is 14.2 Å². The first kappa shape index (κ1) is 15.2. The minimum absolute atomic E-state index is 0.517. The van der Waals surface area contributed by atoms with Crippen LogP contribution in [0.2, 0.25) is 0 Å². The van der Waals surface area contributed by atoms with Crippen LogP contribution in [0.25, 0.3) is 0 Å². The molecule has 0 heterocycles. The summed E-state index contributed by atoms with van der Waals surface area (Å²) in [6.45, 7) is 8.33. The SMILES string of the molecule is C=CCc1cc(OC)c(OCC=C(C)C)cc1OC. The van der Waals surface area contributed by atoms with E-state index in [1.165, 1.54) is 5.57 Å². The summed E-state index contributed by atoms with van der Waals surface area (Å²) in [5, 5.41) is 0. The Morgan fingerprint density at radius 1 is 1.11 bits per heavy atom. The Labute approximate surface area is 115 Å². The van der Waals surface area contributed by atoms with E-state index in [9.17, 15) is 0 Å². The van der Waals surface area contributed by atoms with E-state index in [0.29, 0.717) is 18.1 Å². The van der Waals surface area contributed by atoms with Crippen LogP contribution in [-0.2, 0) is 6.42 Å². The predicted octanol–water partition coefficient (Wildman–Crippen LogP) is 3.78. The van der Waals surface area contributed by atoms with Crippen molar-refractivity contribution in [3.63, 3.8) is 0 Å². The molecule has 1 rings (SSSR count). The number of hydrogen-bond acceptors (Lipinski definition) is 3. The van der Waals surface area contributed by atoms with Gasteiger partial charge in [-0.15, -0.1) is 6.58 Å². The molecule has 104 valence electrons. The van der Waals surface area contributed by atoms with Crippen molar-refractivity contribution in [1.29, 1.82) is 0 Å². The second-order valence-corrected chi connectivity index (χ2v) is 4.40. The third-order valence-corrected chi connectivity index (χ3v) is 2.66. The molecule has 0 N–H and O–H groups in total. The highest BCUT2D eigenvalue weighted by molar-refractivity contribution is 5.51. The summed E-state index contributed by atoms with van der Waals surface area (Å²) in [6.07, 6.45) is 4.58. The second kappa shape index (κ2) is 7.52. The van der Waals surface area contributed by atoms with E-state index in [0.717, 1.165) is 17.7 Å². The molecule has 0 aliphatic rings. The van der Waals surface area contributed by atoms with Crippen LogP contribution in [0.15, 0.2) is 36.4 Å². The summed E-state index contributed by atoms with van der Waals surface area (Å²) < 4.78 is 16.4. The van der Waals surface area contributed by atoms with Crippen molar-refractivity contribution in [3.8, 4) is 17.2 Å². The summed E-state index contributed by atoms with van der Waals surface area (Å²) in [5.41, 5.74) is 2.25. The maximum Gasteiger partial charge on any atom is 0.165 e. The number of rotatable bonds is 7. The van der Waals surface area contributed by atoms with Gasteiger partial charge in [-0.25, -0.2) is 0 Å². The molecule has 19 heavy (non-hydrogen) atoms. The zero-order valence-corrected chi connectivity index (χ0v) is 12.2. The summed E-state index contributed by atoms with van der Waals surface area (Å²) in [5.74, 6) is 2.18. The lowest BCUT2D eigenvalue weighted by atomic mass is 10.1. The molecule has 0 bridgehead atoms. The zero-order chi connectivity index (χ0) is 14.3. The molecule has 0 aliphatic heterocycles. The zero-order valence-electron chi connectivity index (χ0n) is 12.2. The smallest absolute Gasteiger partial charge is 0.165 e. The van der Waals surface area contributed by atoms with Gasteiger partial charge < -0.3 is 14.2 Å². The molecule has 0 saturated carbocycles. The normalized spacial score (nSPS) is 9.68. The van der Waals surface area contributed by atoms with Gasteiger partial charge in [-0.2, -0.15) is 0 Å². The van der Waals surface area contributed by atoms with E-state index >= 15 is 0 Å². The Morgan fingerprint density at radius 2 is 1.79 bits per heavy atom. The van der Waals surface area contributed by atoms with Crippen LogP contribution in [0.1, 0.15) is 19.4 Å². The van der Waals surface area contributed by atoms with Gasteiger partial charge in [-0.05, 0) is 32.4 Å². The van der Waals surface area contributed by atoms with Gasteiger partial charge in [0.15, 0.2) is 11.5 Å². The van der Waals surface area contributed by atoms with E-state index in [2.05, 4.69) is 6.58 Å². The first-order chi connectivity index (χ1) is 9.12. The quantitative estimate of drug-likeness (QED) is 0.700. The van der Waals surface area contributed by atoms with Crippen molar-refractivity contribution in [2.45, 2.75) is 20.3 Å². The Balaban J connectivity index is 3.02. The topological polar surface area (TPSA) is 27.7 Å². The van der Waals surface area contributed by atoms with E-state index < -0.39 is 0 Å². The van der Waals surface area contributed by atoms with Crippen LogP contribution in [-0.4, -0.2) is 20.8 Å². The summed E-state index contributed by atoms with van der Waals surface area (Å²) in [4.78, 5) is 0. The lowest BCUT2D eigenvalue weighted by molar-refractivity contribution is 0.321. The van der Waals surface area contributed by atoms with E-state index in [4.69, 9.17) is 14.2 Å². The molecule has 0 radical (unpaired) electrons. The first-order valence-corrected chi connectivity index (χ1v) is 6.24. The fourth-order valence-corrected chi connectivity index (χ4v) is 1.66. The molecule has 3 heteroatoms. The van der Waals surface area contributed by atoms with Gasteiger partial charge in [0.1, 0.15) is 12.4 Å². The molecule has 0 unspecified atom stereocenters. The lowest BCUT2D eigenvalue weighted by Crippen LogP contribution is -2.00. The molecule has 1 aromatic rings. The van der Waals surface area contributed by atoms with E-state index in [-0.39, 0.29) is 0 Å². The number of allylic oxidation sites excluding steroid dienone is 2. The minimum atomic E-state index is 0.517. The Bertz CT molecular complexity index is 457. The van der Waals surface area contributed by atoms with Gasteiger partial charge in [0, 0.05) is 11.6 Å². The van der Waals surface area contributed by atoms with E-state index in [1.807, 2.05) is 38.1 Å². The van der Waals surface area contributed by atoms with Gasteiger partial charge in [0.2, 0.25) is 0 Å². The van der Waals surface area contributed by atoms with Gasteiger partial charge in [-0.1, -0.05) is 11.6 Å². The fourth-order valence-electron chi connectivity index (χ4n) is 1.66. The Hall–Kier alpha value is -1.90. The number of ether oxygens (including phenoxy) is 3. The molecular weight excluding hydrogens is 240 g/mol. The molecule has 0 amide bonds. The number of methoxy groups -OCH3 is 2.